The number of aromatic nitrogens is 4. The lowest BCUT2D eigenvalue weighted by molar-refractivity contribution is -0.117. The van der Waals surface area contributed by atoms with Crippen LogP contribution in [-0.2, 0) is 4.79 Å². The third kappa shape index (κ3) is 4.03. The molecule has 10 heteroatoms. The summed E-state index contributed by atoms with van der Waals surface area (Å²) in [6, 6.07) is 1.70. The SMILES string of the molecule is O=C(CC1CCN(C(=O)O)CC1)Nc1cnc(-n2cccn2)[nH]c1=O. The molecule has 1 aliphatic rings. The Balaban J connectivity index is 1.57. The molecular weight excluding hydrogens is 328 g/mol. The van der Waals surface area contributed by atoms with Crippen LogP contribution in [0.5, 0.6) is 0 Å². The second-order valence-corrected chi connectivity index (χ2v) is 5.87. The Morgan fingerprint density at radius 1 is 1.36 bits per heavy atom. The highest BCUT2D eigenvalue weighted by atomic mass is 16.4. The number of likely N-dealkylation sites (tertiary alicyclic amines) is 1. The maximum absolute atomic E-state index is 12.1. The molecule has 3 heterocycles. The molecule has 2 amide bonds. The first-order valence-electron chi connectivity index (χ1n) is 7.90. The van der Waals surface area contributed by atoms with Gasteiger partial charge in [-0.2, -0.15) is 5.10 Å². The average molecular weight is 346 g/mol. The third-order valence-corrected chi connectivity index (χ3v) is 4.14. The number of hydrogen-bond donors (Lipinski definition) is 3. The van der Waals surface area contributed by atoms with E-state index in [-0.39, 0.29) is 29.9 Å². The number of nitrogens with one attached hydrogen (secondary N) is 2. The fourth-order valence-corrected chi connectivity index (χ4v) is 2.78. The molecule has 10 nitrogen and oxygen atoms in total. The molecular formula is C15H18N6O4. The van der Waals surface area contributed by atoms with Crippen molar-refractivity contribution in [2.45, 2.75) is 19.3 Å². The van der Waals surface area contributed by atoms with Gasteiger partial charge in [-0.25, -0.2) is 14.5 Å². The van der Waals surface area contributed by atoms with Gasteiger partial charge in [-0.15, -0.1) is 0 Å². The predicted molar refractivity (Wildman–Crippen MR) is 87.5 cm³/mol. The number of piperidine rings is 1. The quantitative estimate of drug-likeness (QED) is 0.745. The van der Waals surface area contributed by atoms with E-state index in [0.29, 0.717) is 25.9 Å². The molecule has 0 spiro atoms. The van der Waals surface area contributed by atoms with E-state index in [1.807, 2.05) is 0 Å². The molecule has 1 fully saturated rings. The molecule has 0 atom stereocenters. The zero-order chi connectivity index (χ0) is 17.8. The van der Waals surface area contributed by atoms with Gasteiger partial charge in [-0.1, -0.05) is 0 Å². The van der Waals surface area contributed by atoms with Crippen molar-refractivity contribution in [1.82, 2.24) is 24.6 Å². The molecule has 3 N–H and O–H groups in total. The van der Waals surface area contributed by atoms with Crippen LogP contribution in [0.25, 0.3) is 5.95 Å². The smallest absolute Gasteiger partial charge is 0.407 e. The van der Waals surface area contributed by atoms with Crippen LogP contribution in [-0.4, -0.2) is 54.8 Å². The standard InChI is InChI=1S/C15H18N6O4/c22-12(8-10-2-6-20(7-3-10)15(24)25)18-11-9-16-14(19-13(11)23)21-5-1-4-17-21/h1,4-5,9-10H,2-3,6-8H2,(H,18,22)(H,24,25)(H,16,19,23). The summed E-state index contributed by atoms with van der Waals surface area (Å²) in [4.78, 5) is 43.0. The second-order valence-electron chi connectivity index (χ2n) is 5.87. The maximum Gasteiger partial charge on any atom is 0.407 e. The summed E-state index contributed by atoms with van der Waals surface area (Å²) >= 11 is 0. The minimum absolute atomic E-state index is 0.0730. The van der Waals surface area contributed by atoms with E-state index in [2.05, 4.69) is 20.4 Å². The van der Waals surface area contributed by atoms with Crippen molar-refractivity contribution in [3.8, 4) is 5.95 Å². The number of amides is 2. The van der Waals surface area contributed by atoms with Crippen LogP contribution in [0.15, 0.2) is 29.5 Å². The molecule has 2 aromatic heterocycles. The van der Waals surface area contributed by atoms with Crippen molar-refractivity contribution in [1.29, 1.82) is 0 Å². The van der Waals surface area contributed by atoms with Gasteiger partial charge in [-0.05, 0) is 24.8 Å². The fraction of sp³-hybridized carbons (Fsp3) is 0.400. The van der Waals surface area contributed by atoms with Gasteiger partial charge in [0.05, 0.1) is 6.20 Å². The number of carboxylic acid groups (broad SMARTS) is 1. The van der Waals surface area contributed by atoms with Crippen LogP contribution >= 0.6 is 0 Å². The molecule has 25 heavy (non-hydrogen) atoms. The highest BCUT2D eigenvalue weighted by molar-refractivity contribution is 5.90. The summed E-state index contributed by atoms with van der Waals surface area (Å²) in [5.74, 6) is 0.0768. The fourth-order valence-electron chi connectivity index (χ4n) is 2.78. The van der Waals surface area contributed by atoms with Gasteiger partial charge >= 0.3 is 6.09 Å². The Kier molecular flexibility index (Phi) is 4.78. The summed E-state index contributed by atoms with van der Waals surface area (Å²) in [5, 5.41) is 15.4. The predicted octanol–water partition coefficient (Wildman–Crippen LogP) is 0.674. The Morgan fingerprint density at radius 2 is 2.12 bits per heavy atom. The molecule has 1 aliphatic heterocycles. The summed E-state index contributed by atoms with van der Waals surface area (Å²) in [5.41, 5.74) is -0.390. The Bertz CT molecular complexity index is 808. The van der Waals surface area contributed by atoms with Crippen LogP contribution < -0.4 is 10.9 Å². The van der Waals surface area contributed by atoms with E-state index in [4.69, 9.17) is 5.11 Å². The zero-order valence-corrected chi connectivity index (χ0v) is 13.4. The van der Waals surface area contributed by atoms with Crippen LogP contribution in [0.2, 0.25) is 0 Å². The molecule has 0 saturated carbocycles. The van der Waals surface area contributed by atoms with Crippen molar-refractivity contribution in [2.75, 3.05) is 18.4 Å². The minimum atomic E-state index is -0.933. The Labute approximate surface area is 142 Å². The molecule has 0 radical (unpaired) electrons. The number of hydrogen-bond acceptors (Lipinski definition) is 5. The number of anilines is 1. The molecule has 2 aromatic rings. The van der Waals surface area contributed by atoms with E-state index in [1.165, 1.54) is 15.8 Å². The van der Waals surface area contributed by atoms with Gasteiger partial charge in [0, 0.05) is 31.9 Å². The van der Waals surface area contributed by atoms with E-state index in [0.717, 1.165) is 0 Å². The van der Waals surface area contributed by atoms with Gasteiger partial charge in [0.2, 0.25) is 11.9 Å². The van der Waals surface area contributed by atoms with Crippen molar-refractivity contribution >= 4 is 17.7 Å². The number of aromatic amines is 1. The van der Waals surface area contributed by atoms with E-state index < -0.39 is 11.7 Å². The summed E-state index contributed by atoms with van der Waals surface area (Å²) in [6.45, 7) is 0.849. The molecule has 0 bridgehead atoms. The highest BCUT2D eigenvalue weighted by Crippen LogP contribution is 2.20. The van der Waals surface area contributed by atoms with Gasteiger partial charge in [0.25, 0.3) is 5.56 Å². The van der Waals surface area contributed by atoms with E-state index in [1.54, 1.807) is 18.5 Å². The van der Waals surface area contributed by atoms with Crippen molar-refractivity contribution in [2.24, 2.45) is 5.92 Å². The summed E-state index contributed by atoms with van der Waals surface area (Å²) in [7, 11) is 0. The van der Waals surface area contributed by atoms with E-state index >= 15 is 0 Å². The van der Waals surface area contributed by atoms with Crippen molar-refractivity contribution in [3.63, 3.8) is 0 Å². The van der Waals surface area contributed by atoms with Crippen LogP contribution in [0, 0.1) is 5.92 Å². The average Bonchev–Trinajstić information content (AvgIpc) is 3.11. The largest absolute Gasteiger partial charge is 0.465 e. The monoisotopic (exact) mass is 346 g/mol. The number of H-pyrrole nitrogens is 1. The first-order valence-corrected chi connectivity index (χ1v) is 7.90. The summed E-state index contributed by atoms with van der Waals surface area (Å²) in [6.07, 6.45) is 5.07. The second kappa shape index (κ2) is 7.16. The maximum atomic E-state index is 12.1. The van der Waals surface area contributed by atoms with Gasteiger partial charge < -0.3 is 15.3 Å². The molecule has 0 unspecified atom stereocenters. The van der Waals surface area contributed by atoms with Gasteiger partial charge in [-0.3, -0.25) is 14.6 Å². The van der Waals surface area contributed by atoms with Crippen molar-refractivity contribution in [3.05, 3.63) is 35.0 Å². The topological polar surface area (TPSA) is 133 Å². The molecule has 0 aliphatic carbocycles. The lowest BCUT2D eigenvalue weighted by atomic mass is 9.93. The van der Waals surface area contributed by atoms with Crippen molar-refractivity contribution < 1.29 is 14.7 Å². The van der Waals surface area contributed by atoms with Gasteiger partial charge in [0.1, 0.15) is 5.69 Å². The zero-order valence-electron chi connectivity index (χ0n) is 13.4. The number of nitrogens with zero attached hydrogens (tertiary/aromatic N) is 4. The number of rotatable bonds is 4. The third-order valence-electron chi connectivity index (χ3n) is 4.14. The Hall–Kier alpha value is -3.17. The van der Waals surface area contributed by atoms with Crippen LogP contribution in [0.1, 0.15) is 19.3 Å². The van der Waals surface area contributed by atoms with Gasteiger partial charge in [0.15, 0.2) is 0 Å². The highest BCUT2D eigenvalue weighted by Gasteiger charge is 2.24. The van der Waals surface area contributed by atoms with E-state index in [9.17, 15) is 14.4 Å². The molecule has 0 aromatic carbocycles. The summed E-state index contributed by atoms with van der Waals surface area (Å²) < 4.78 is 1.41. The van der Waals surface area contributed by atoms with Crippen LogP contribution in [0.3, 0.4) is 0 Å². The molecule has 132 valence electrons. The lowest BCUT2D eigenvalue weighted by Gasteiger charge is -2.29. The lowest BCUT2D eigenvalue weighted by Crippen LogP contribution is -2.38. The number of carbonyl (C=O) groups is 2. The minimum Gasteiger partial charge on any atom is -0.465 e. The Morgan fingerprint density at radius 3 is 2.72 bits per heavy atom. The first kappa shape index (κ1) is 16.7. The molecule has 1 saturated heterocycles. The van der Waals surface area contributed by atoms with Crippen LogP contribution in [0.4, 0.5) is 10.5 Å². The normalized spacial score (nSPS) is 15.1. The number of carbonyl (C=O) groups excluding carboxylic acids is 1. The molecule has 3 rings (SSSR count). The first-order chi connectivity index (χ1) is 12.0.